The molecule has 2 atom stereocenters. The molecule has 0 amide bonds. The quantitative estimate of drug-likeness (QED) is 0.660. The van der Waals surface area contributed by atoms with Gasteiger partial charge in [0.1, 0.15) is 5.82 Å². The molecule has 3 heterocycles. The van der Waals surface area contributed by atoms with Crippen LogP contribution in [-0.2, 0) is 25.4 Å². The monoisotopic (exact) mass is 401 g/mol. The van der Waals surface area contributed by atoms with Crippen LogP contribution in [0.1, 0.15) is 19.4 Å². The second-order valence-corrected chi connectivity index (χ2v) is 7.67. The third-order valence-electron chi connectivity index (χ3n) is 5.26. The highest BCUT2D eigenvalue weighted by atomic mass is 19.1. The first-order valence-electron chi connectivity index (χ1n) is 9.57. The van der Waals surface area contributed by atoms with Crippen molar-refractivity contribution in [3.63, 3.8) is 0 Å². The zero-order chi connectivity index (χ0) is 20.9. The van der Waals surface area contributed by atoms with Crippen LogP contribution in [0.3, 0.4) is 0 Å². The summed E-state index contributed by atoms with van der Waals surface area (Å²) in [6.45, 7) is 5.43. The molecule has 0 bridgehead atoms. The van der Waals surface area contributed by atoms with Crippen molar-refractivity contribution in [3.8, 4) is 0 Å². The molecule has 0 spiro atoms. The van der Waals surface area contributed by atoms with E-state index in [1.165, 1.54) is 23.7 Å². The molecule has 1 saturated heterocycles. The van der Waals surface area contributed by atoms with Crippen LogP contribution < -0.4 is 16.1 Å². The molecule has 0 aliphatic carbocycles. The number of halogens is 1. The van der Waals surface area contributed by atoms with E-state index in [4.69, 9.17) is 4.74 Å². The smallest absolute Gasteiger partial charge is 0.332 e. The Hall–Kier alpha value is -2.94. The van der Waals surface area contributed by atoms with Gasteiger partial charge in [-0.1, -0.05) is 12.1 Å². The molecule has 1 fully saturated rings. The molecule has 1 aliphatic rings. The maximum atomic E-state index is 13.8. The average molecular weight is 401 g/mol. The van der Waals surface area contributed by atoms with E-state index >= 15 is 0 Å². The number of hydrogen-bond acceptors (Lipinski definition) is 5. The second kappa shape index (κ2) is 7.14. The van der Waals surface area contributed by atoms with Crippen molar-refractivity contribution in [1.82, 2.24) is 18.7 Å². The maximum Gasteiger partial charge on any atom is 0.332 e. The van der Waals surface area contributed by atoms with E-state index in [2.05, 4.69) is 9.88 Å². The standard InChI is InChI=1S/C20H24FN5O3/c1-12-9-25(10-13(2)29-12)19-22-17-16(18(27)24(4)20(28)23(17)3)26(19)11-14-6-5-7-15(21)8-14/h5-8,12-13H,9-11H2,1-4H3/t12-,13+. The van der Waals surface area contributed by atoms with Gasteiger partial charge in [0.25, 0.3) is 5.56 Å². The van der Waals surface area contributed by atoms with E-state index in [0.717, 1.165) is 4.57 Å². The number of benzene rings is 1. The first-order valence-corrected chi connectivity index (χ1v) is 9.57. The molecule has 0 N–H and O–H groups in total. The Labute approximate surface area is 166 Å². The van der Waals surface area contributed by atoms with Gasteiger partial charge < -0.3 is 9.64 Å². The van der Waals surface area contributed by atoms with Crippen LogP contribution in [0.15, 0.2) is 33.9 Å². The summed E-state index contributed by atoms with van der Waals surface area (Å²) in [7, 11) is 3.04. The van der Waals surface area contributed by atoms with Crippen LogP contribution in [-0.4, -0.2) is 44.0 Å². The maximum absolute atomic E-state index is 13.8. The average Bonchev–Trinajstić information content (AvgIpc) is 3.03. The van der Waals surface area contributed by atoms with Crippen molar-refractivity contribution in [2.24, 2.45) is 14.1 Å². The van der Waals surface area contributed by atoms with Crippen LogP contribution in [0, 0.1) is 5.82 Å². The summed E-state index contributed by atoms with van der Waals surface area (Å²) in [5, 5.41) is 0. The lowest BCUT2D eigenvalue weighted by atomic mass is 10.2. The normalized spacial score (nSPS) is 19.8. The molecule has 8 nitrogen and oxygen atoms in total. The van der Waals surface area contributed by atoms with E-state index in [-0.39, 0.29) is 24.6 Å². The fourth-order valence-electron chi connectivity index (χ4n) is 3.99. The number of rotatable bonds is 3. The fraction of sp³-hybridized carbons (Fsp3) is 0.450. The van der Waals surface area contributed by atoms with E-state index < -0.39 is 11.2 Å². The number of anilines is 1. The molecule has 1 aliphatic heterocycles. The summed E-state index contributed by atoms with van der Waals surface area (Å²) in [5.41, 5.74) is 0.480. The predicted molar refractivity (Wildman–Crippen MR) is 108 cm³/mol. The van der Waals surface area contributed by atoms with Crippen LogP contribution >= 0.6 is 0 Å². The van der Waals surface area contributed by atoms with Crippen molar-refractivity contribution in [2.75, 3.05) is 18.0 Å². The Morgan fingerprint density at radius 1 is 1.14 bits per heavy atom. The van der Waals surface area contributed by atoms with Crippen molar-refractivity contribution in [1.29, 1.82) is 0 Å². The van der Waals surface area contributed by atoms with E-state index in [1.54, 1.807) is 23.7 Å². The molecular formula is C20H24FN5O3. The molecular weight excluding hydrogens is 377 g/mol. The van der Waals surface area contributed by atoms with Gasteiger partial charge in [-0.3, -0.25) is 18.5 Å². The first-order chi connectivity index (χ1) is 13.8. The fourth-order valence-corrected chi connectivity index (χ4v) is 3.99. The van der Waals surface area contributed by atoms with Crippen molar-refractivity contribution >= 4 is 17.1 Å². The minimum absolute atomic E-state index is 0.00663. The molecule has 4 rings (SSSR count). The summed E-state index contributed by atoms with van der Waals surface area (Å²) < 4.78 is 23.8. The largest absolute Gasteiger partial charge is 0.372 e. The minimum atomic E-state index is -0.437. The molecule has 9 heteroatoms. The van der Waals surface area contributed by atoms with Crippen LogP contribution in [0.2, 0.25) is 0 Å². The molecule has 1 aromatic carbocycles. The molecule has 0 unspecified atom stereocenters. The van der Waals surface area contributed by atoms with Crippen LogP contribution in [0.25, 0.3) is 11.2 Å². The third-order valence-corrected chi connectivity index (χ3v) is 5.26. The van der Waals surface area contributed by atoms with Gasteiger partial charge in [-0.05, 0) is 31.5 Å². The Kier molecular flexibility index (Phi) is 4.77. The van der Waals surface area contributed by atoms with Crippen molar-refractivity contribution in [2.45, 2.75) is 32.6 Å². The van der Waals surface area contributed by atoms with Crippen molar-refractivity contribution in [3.05, 3.63) is 56.5 Å². The Balaban J connectivity index is 1.96. The third kappa shape index (κ3) is 3.35. The number of morpholine rings is 1. The van der Waals surface area contributed by atoms with Gasteiger partial charge in [0, 0.05) is 27.2 Å². The van der Waals surface area contributed by atoms with Crippen LogP contribution in [0.4, 0.5) is 10.3 Å². The van der Waals surface area contributed by atoms with Gasteiger partial charge >= 0.3 is 5.69 Å². The zero-order valence-corrected chi connectivity index (χ0v) is 16.9. The SMILES string of the molecule is C[C@@H]1CN(c2nc3c(c(=O)n(C)c(=O)n3C)n2Cc2cccc(F)c2)C[C@H](C)O1. The number of nitrogens with zero attached hydrogens (tertiary/aromatic N) is 5. The number of hydrogen-bond donors (Lipinski definition) is 0. The number of imidazole rings is 1. The number of aryl methyl sites for hydroxylation is 1. The molecule has 154 valence electrons. The number of fused-ring (bicyclic) bond motifs is 1. The molecule has 0 radical (unpaired) electrons. The Morgan fingerprint density at radius 3 is 2.48 bits per heavy atom. The summed E-state index contributed by atoms with van der Waals surface area (Å²) >= 11 is 0. The highest BCUT2D eigenvalue weighted by Gasteiger charge is 2.28. The Morgan fingerprint density at radius 2 is 1.83 bits per heavy atom. The van der Waals surface area contributed by atoms with Gasteiger partial charge in [-0.25, -0.2) is 9.18 Å². The number of aromatic nitrogens is 4. The van der Waals surface area contributed by atoms with Crippen molar-refractivity contribution < 1.29 is 9.13 Å². The van der Waals surface area contributed by atoms with Gasteiger partial charge in [0.15, 0.2) is 11.2 Å². The first kappa shape index (κ1) is 19.4. The second-order valence-electron chi connectivity index (χ2n) is 7.67. The van der Waals surface area contributed by atoms with Gasteiger partial charge in [-0.15, -0.1) is 0 Å². The van der Waals surface area contributed by atoms with Gasteiger partial charge in [0.2, 0.25) is 5.95 Å². The lowest BCUT2D eigenvalue weighted by molar-refractivity contribution is -0.00585. The number of ether oxygens (including phenoxy) is 1. The van der Waals surface area contributed by atoms with Gasteiger partial charge in [-0.2, -0.15) is 4.98 Å². The van der Waals surface area contributed by atoms with E-state index in [1.807, 2.05) is 13.8 Å². The summed E-state index contributed by atoms with van der Waals surface area (Å²) in [6.07, 6.45) is -0.0133. The predicted octanol–water partition coefficient (Wildman–Crippen LogP) is 1.23. The zero-order valence-electron chi connectivity index (χ0n) is 16.9. The lowest BCUT2D eigenvalue weighted by Gasteiger charge is -2.36. The summed E-state index contributed by atoms with van der Waals surface area (Å²) in [4.78, 5) is 32.1. The lowest BCUT2D eigenvalue weighted by Crippen LogP contribution is -2.46. The summed E-state index contributed by atoms with van der Waals surface area (Å²) in [6, 6.07) is 6.25. The summed E-state index contributed by atoms with van der Waals surface area (Å²) in [5.74, 6) is 0.229. The van der Waals surface area contributed by atoms with Crippen LogP contribution in [0.5, 0.6) is 0 Å². The molecule has 0 saturated carbocycles. The Bertz CT molecular complexity index is 1190. The van der Waals surface area contributed by atoms with E-state index in [9.17, 15) is 14.0 Å². The topological polar surface area (TPSA) is 74.3 Å². The van der Waals surface area contributed by atoms with E-state index in [0.29, 0.717) is 35.8 Å². The molecule has 3 aromatic rings. The van der Waals surface area contributed by atoms with Gasteiger partial charge in [0.05, 0.1) is 18.8 Å². The highest BCUT2D eigenvalue weighted by molar-refractivity contribution is 5.75. The minimum Gasteiger partial charge on any atom is -0.372 e. The highest BCUT2D eigenvalue weighted by Crippen LogP contribution is 2.24. The molecule has 2 aromatic heterocycles. The molecule has 29 heavy (non-hydrogen) atoms.